The first kappa shape index (κ1) is 15.7. The van der Waals surface area contributed by atoms with E-state index in [4.69, 9.17) is 4.42 Å². The SMILES string of the molecule is CCCNCCCc1nnc(-c2c(C)cc(C)cc2C)o1. The van der Waals surface area contributed by atoms with Crippen molar-refractivity contribution < 1.29 is 4.42 Å². The number of aryl methyl sites for hydroxylation is 4. The molecular weight excluding hydrogens is 262 g/mol. The zero-order chi connectivity index (χ0) is 15.2. The highest BCUT2D eigenvalue weighted by molar-refractivity contribution is 5.63. The third kappa shape index (κ3) is 4.14. The minimum absolute atomic E-state index is 0.640. The van der Waals surface area contributed by atoms with Gasteiger partial charge in [0.05, 0.1) is 0 Å². The molecule has 1 aromatic carbocycles. The zero-order valence-corrected chi connectivity index (χ0v) is 13.5. The van der Waals surface area contributed by atoms with Crippen LogP contribution in [0, 0.1) is 20.8 Å². The molecular formula is C17H25N3O. The standard InChI is InChI=1S/C17H25N3O/c1-5-8-18-9-6-7-15-19-20-17(21-15)16-13(3)10-12(2)11-14(16)4/h10-11,18H,5-9H2,1-4H3. The van der Waals surface area contributed by atoms with Gasteiger partial charge in [0.15, 0.2) is 0 Å². The molecule has 0 saturated heterocycles. The van der Waals surface area contributed by atoms with Crippen LogP contribution < -0.4 is 5.32 Å². The third-order valence-electron chi connectivity index (χ3n) is 3.53. The molecule has 2 rings (SSSR count). The summed E-state index contributed by atoms with van der Waals surface area (Å²) in [4.78, 5) is 0. The summed E-state index contributed by atoms with van der Waals surface area (Å²) in [5.74, 6) is 1.36. The van der Waals surface area contributed by atoms with E-state index < -0.39 is 0 Å². The van der Waals surface area contributed by atoms with Gasteiger partial charge < -0.3 is 9.73 Å². The Bertz CT molecular complexity index is 566. The molecule has 1 heterocycles. The van der Waals surface area contributed by atoms with Gasteiger partial charge in [-0.15, -0.1) is 10.2 Å². The molecule has 4 heteroatoms. The lowest BCUT2D eigenvalue weighted by atomic mass is 10.00. The van der Waals surface area contributed by atoms with E-state index in [0.717, 1.165) is 43.8 Å². The highest BCUT2D eigenvalue weighted by Crippen LogP contribution is 2.27. The van der Waals surface area contributed by atoms with Gasteiger partial charge in [-0.05, 0) is 57.8 Å². The summed E-state index contributed by atoms with van der Waals surface area (Å²) in [6.45, 7) is 10.5. The molecule has 0 radical (unpaired) electrons. The van der Waals surface area contributed by atoms with Crippen molar-refractivity contribution in [1.29, 1.82) is 0 Å². The zero-order valence-electron chi connectivity index (χ0n) is 13.5. The van der Waals surface area contributed by atoms with Crippen LogP contribution in [0.5, 0.6) is 0 Å². The lowest BCUT2D eigenvalue weighted by Gasteiger charge is -2.07. The highest BCUT2D eigenvalue weighted by Gasteiger charge is 2.13. The van der Waals surface area contributed by atoms with Crippen molar-refractivity contribution in [2.75, 3.05) is 13.1 Å². The van der Waals surface area contributed by atoms with Crippen LogP contribution in [-0.2, 0) is 6.42 Å². The third-order valence-corrected chi connectivity index (χ3v) is 3.53. The molecule has 1 N–H and O–H groups in total. The van der Waals surface area contributed by atoms with Gasteiger partial charge >= 0.3 is 0 Å². The second-order valence-corrected chi connectivity index (χ2v) is 5.63. The molecule has 0 unspecified atom stereocenters. The number of hydrogen-bond donors (Lipinski definition) is 1. The van der Waals surface area contributed by atoms with E-state index in [1.165, 1.54) is 16.7 Å². The van der Waals surface area contributed by atoms with E-state index in [2.05, 4.69) is 55.3 Å². The van der Waals surface area contributed by atoms with Crippen LogP contribution >= 0.6 is 0 Å². The summed E-state index contributed by atoms with van der Waals surface area (Å²) >= 11 is 0. The molecule has 0 aliphatic carbocycles. The van der Waals surface area contributed by atoms with Gasteiger partial charge in [-0.3, -0.25) is 0 Å². The van der Waals surface area contributed by atoms with Crippen molar-refractivity contribution in [3.05, 3.63) is 34.7 Å². The summed E-state index contributed by atoms with van der Waals surface area (Å²) in [6, 6.07) is 4.31. The maximum atomic E-state index is 5.83. The van der Waals surface area contributed by atoms with Crippen molar-refractivity contribution in [2.45, 2.75) is 47.0 Å². The summed E-state index contributed by atoms with van der Waals surface area (Å²) in [7, 11) is 0. The van der Waals surface area contributed by atoms with Crippen molar-refractivity contribution in [3.8, 4) is 11.5 Å². The molecule has 2 aromatic rings. The quantitative estimate of drug-likeness (QED) is 0.791. The van der Waals surface area contributed by atoms with Gasteiger partial charge in [-0.1, -0.05) is 24.6 Å². The minimum Gasteiger partial charge on any atom is -0.421 e. The van der Waals surface area contributed by atoms with Crippen molar-refractivity contribution >= 4 is 0 Å². The summed E-state index contributed by atoms with van der Waals surface area (Å²) in [5, 5.41) is 11.8. The largest absolute Gasteiger partial charge is 0.421 e. The van der Waals surface area contributed by atoms with E-state index >= 15 is 0 Å². The van der Waals surface area contributed by atoms with Crippen molar-refractivity contribution in [2.24, 2.45) is 0 Å². The second-order valence-electron chi connectivity index (χ2n) is 5.63. The fraction of sp³-hybridized carbons (Fsp3) is 0.529. The van der Waals surface area contributed by atoms with Crippen LogP contribution in [0.25, 0.3) is 11.5 Å². The fourth-order valence-corrected chi connectivity index (χ4v) is 2.64. The van der Waals surface area contributed by atoms with Crippen LogP contribution in [0.15, 0.2) is 16.5 Å². The molecule has 4 nitrogen and oxygen atoms in total. The van der Waals surface area contributed by atoms with E-state index in [9.17, 15) is 0 Å². The molecule has 0 aliphatic heterocycles. The van der Waals surface area contributed by atoms with Crippen LogP contribution in [0.3, 0.4) is 0 Å². The Labute approximate surface area is 127 Å². The van der Waals surface area contributed by atoms with E-state index in [0.29, 0.717) is 5.89 Å². The van der Waals surface area contributed by atoms with Gasteiger partial charge in [0.1, 0.15) is 0 Å². The molecule has 0 amide bonds. The molecule has 21 heavy (non-hydrogen) atoms. The molecule has 1 aromatic heterocycles. The lowest BCUT2D eigenvalue weighted by Crippen LogP contribution is -2.16. The van der Waals surface area contributed by atoms with Gasteiger partial charge in [0.2, 0.25) is 11.8 Å². The van der Waals surface area contributed by atoms with Gasteiger partial charge in [-0.2, -0.15) is 0 Å². The first-order chi connectivity index (χ1) is 10.1. The maximum absolute atomic E-state index is 5.83. The number of rotatable bonds is 7. The number of benzene rings is 1. The molecule has 0 bridgehead atoms. The van der Waals surface area contributed by atoms with Gasteiger partial charge in [0.25, 0.3) is 0 Å². The highest BCUT2D eigenvalue weighted by atomic mass is 16.4. The van der Waals surface area contributed by atoms with Crippen LogP contribution in [0.4, 0.5) is 0 Å². The van der Waals surface area contributed by atoms with Gasteiger partial charge in [0, 0.05) is 12.0 Å². The first-order valence-corrected chi connectivity index (χ1v) is 7.73. The summed E-state index contributed by atoms with van der Waals surface area (Å²) in [5.41, 5.74) is 4.71. The molecule has 0 atom stereocenters. The summed E-state index contributed by atoms with van der Waals surface area (Å²) in [6.07, 6.45) is 3.01. The normalized spacial score (nSPS) is 11.0. The first-order valence-electron chi connectivity index (χ1n) is 7.73. The van der Waals surface area contributed by atoms with E-state index in [1.807, 2.05) is 0 Å². The Morgan fingerprint density at radius 2 is 1.76 bits per heavy atom. The monoisotopic (exact) mass is 287 g/mol. The van der Waals surface area contributed by atoms with Gasteiger partial charge in [-0.25, -0.2) is 0 Å². The Morgan fingerprint density at radius 3 is 2.43 bits per heavy atom. The summed E-state index contributed by atoms with van der Waals surface area (Å²) < 4.78 is 5.83. The number of nitrogens with one attached hydrogen (secondary N) is 1. The lowest BCUT2D eigenvalue weighted by molar-refractivity contribution is 0.491. The smallest absolute Gasteiger partial charge is 0.248 e. The minimum atomic E-state index is 0.640. The fourth-order valence-electron chi connectivity index (χ4n) is 2.64. The predicted octanol–water partition coefficient (Wildman–Crippen LogP) is 3.59. The Morgan fingerprint density at radius 1 is 1.05 bits per heavy atom. The van der Waals surface area contributed by atoms with E-state index in [1.54, 1.807) is 0 Å². The van der Waals surface area contributed by atoms with Crippen LogP contribution in [0.1, 0.15) is 42.3 Å². The number of aromatic nitrogens is 2. The number of nitrogens with zero attached hydrogens (tertiary/aromatic N) is 2. The molecule has 0 fully saturated rings. The Kier molecular flexibility index (Phi) is 5.51. The molecule has 0 saturated carbocycles. The Balaban J connectivity index is 2.03. The van der Waals surface area contributed by atoms with E-state index in [-0.39, 0.29) is 0 Å². The molecule has 0 aliphatic rings. The predicted molar refractivity (Wildman–Crippen MR) is 85.4 cm³/mol. The average molecular weight is 287 g/mol. The molecule has 114 valence electrons. The average Bonchev–Trinajstić information content (AvgIpc) is 2.86. The van der Waals surface area contributed by atoms with Crippen LogP contribution in [0.2, 0.25) is 0 Å². The topological polar surface area (TPSA) is 51.0 Å². The van der Waals surface area contributed by atoms with Crippen LogP contribution in [-0.4, -0.2) is 23.3 Å². The van der Waals surface area contributed by atoms with Crippen molar-refractivity contribution in [1.82, 2.24) is 15.5 Å². The molecule has 0 spiro atoms. The number of hydrogen-bond acceptors (Lipinski definition) is 4. The maximum Gasteiger partial charge on any atom is 0.248 e. The second kappa shape index (κ2) is 7.36. The van der Waals surface area contributed by atoms with Crippen molar-refractivity contribution in [3.63, 3.8) is 0 Å². The Hall–Kier alpha value is -1.68.